The van der Waals surface area contributed by atoms with Crippen LogP contribution in [-0.2, 0) is 20.9 Å². The number of rotatable bonds is 6. The lowest BCUT2D eigenvalue weighted by Gasteiger charge is -2.19. The van der Waals surface area contributed by atoms with Crippen molar-refractivity contribution in [1.29, 1.82) is 0 Å². The Morgan fingerprint density at radius 1 is 1.08 bits per heavy atom. The molecular formula is C28H21ClFN3O3S. The van der Waals surface area contributed by atoms with Gasteiger partial charge in [0.2, 0.25) is 0 Å². The van der Waals surface area contributed by atoms with Gasteiger partial charge in [-0.25, -0.2) is 4.39 Å². The standard InChI is InChI=1S/C28H21ClFN3O3S/c1-36-26(34)17-32-25(27(35)33(28(32)37)22-11-9-20(29)10-12-22)14-19-16-31(24-8-3-2-7-23(19)24)15-18-5-4-6-21(30)13-18/h2-14,16H,15,17H2,1H3/b25-14-. The van der Waals surface area contributed by atoms with Gasteiger partial charge < -0.3 is 14.2 Å². The Morgan fingerprint density at radius 3 is 2.57 bits per heavy atom. The zero-order valence-electron chi connectivity index (χ0n) is 19.7. The van der Waals surface area contributed by atoms with E-state index < -0.39 is 5.97 Å². The Kier molecular flexibility index (Phi) is 6.78. The van der Waals surface area contributed by atoms with Crippen LogP contribution in [0.1, 0.15) is 11.1 Å². The average Bonchev–Trinajstić information content (AvgIpc) is 3.34. The molecule has 9 heteroatoms. The molecule has 3 aromatic carbocycles. The van der Waals surface area contributed by atoms with Gasteiger partial charge in [0.1, 0.15) is 18.1 Å². The second-order valence-corrected chi connectivity index (χ2v) is 9.25. The number of hydrogen-bond acceptors (Lipinski definition) is 4. The SMILES string of the molecule is COC(=O)CN1C(=S)N(c2ccc(Cl)cc2)C(=O)/C1=C/c1cn(Cc2cccc(F)c2)c2ccccc12. The highest BCUT2D eigenvalue weighted by atomic mass is 35.5. The third kappa shape index (κ3) is 4.85. The summed E-state index contributed by atoms with van der Waals surface area (Å²) in [7, 11) is 1.28. The number of nitrogens with zero attached hydrogens (tertiary/aromatic N) is 3. The summed E-state index contributed by atoms with van der Waals surface area (Å²) in [6.45, 7) is 0.218. The summed E-state index contributed by atoms with van der Waals surface area (Å²) in [5, 5.41) is 1.58. The zero-order chi connectivity index (χ0) is 26.1. The second kappa shape index (κ2) is 10.2. The van der Waals surface area contributed by atoms with Gasteiger partial charge >= 0.3 is 5.97 Å². The number of esters is 1. The molecule has 37 heavy (non-hydrogen) atoms. The summed E-state index contributed by atoms with van der Waals surface area (Å²) in [6.07, 6.45) is 3.62. The minimum absolute atomic E-state index is 0.160. The molecule has 0 atom stereocenters. The highest BCUT2D eigenvalue weighted by Gasteiger charge is 2.40. The van der Waals surface area contributed by atoms with Crippen molar-refractivity contribution in [3.05, 3.63) is 107 Å². The summed E-state index contributed by atoms with van der Waals surface area (Å²) >= 11 is 11.6. The number of amides is 1. The maximum atomic E-state index is 13.8. The number of hydrogen-bond donors (Lipinski definition) is 0. The van der Waals surface area contributed by atoms with E-state index in [0.29, 0.717) is 17.3 Å². The molecule has 0 unspecified atom stereocenters. The first-order chi connectivity index (χ1) is 17.9. The maximum Gasteiger partial charge on any atom is 0.325 e. The Hall–Kier alpha value is -4.01. The van der Waals surface area contributed by atoms with Gasteiger partial charge in [0.15, 0.2) is 5.11 Å². The van der Waals surface area contributed by atoms with Gasteiger partial charge in [-0.3, -0.25) is 14.5 Å². The number of aromatic nitrogens is 1. The molecule has 4 aromatic rings. The molecule has 0 aliphatic carbocycles. The summed E-state index contributed by atoms with van der Waals surface area (Å²) in [6, 6.07) is 20.9. The number of carbonyl (C=O) groups is 2. The van der Waals surface area contributed by atoms with Crippen LogP contribution >= 0.6 is 23.8 Å². The lowest BCUT2D eigenvalue weighted by molar-refractivity contribution is -0.140. The van der Waals surface area contributed by atoms with Crippen LogP contribution in [0.3, 0.4) is 0 Å². The van der Waals surface area contributed by atoms with Crippen molar-refractivity contribution in [3.63, 3.8) is 0 Å². The Balaban J connectivity index is 1.60. The van der Waals surface area contributed by atoms with Crippen molar-refractivity contribution in [2.45, 2.75) is 6.54 Å². The first-order valence-corrected chi connectivity index (χ1v) is 12.2. The van der Waals surface area contributed by atoms with Gasteiger partial charge in [-0.2, -0.15) is 0 Å². The smallest absolute Gasteiger partial charge is 0.325 e. The van der Waals surface area contributed by atoms with Crippen LogP contribution in [0.4, 0.5) is 10.1 Å². The molecule has 2 heterocycles. The fraction of sp³-hybridized carbons (Fsp3) is 0.107. The molecule has 0 N–H and O–H groups in total. The Bertz CT molecular complexity index is 1560. The predicted molar refractivity (Wildman–Crippen MR) is 146 cm³/mol. The van der Waals surface area contributed by atoms with E-state index >= 15 is 0 Å². The zero-order valence-corrected chi connectivity index (χ0v) is 21.3. The van der Waals surface area contributed by atoms with Crippen molar-refractivity contribution in [2.24, 2.45) is 0 Å². The van der Waals surface area contributed by atoms with Crippen molar-refractivity contribution >= 4 is 63.5 Å². The summed E-state index contributed by atoms with van der Waals surface area (Å²) in [5.74, 6) is -1.21. The van der Waals surface area contributed by atoms with Gasteiger partial charge in [-0.1, -0.05) is 41.9 Å². The van der Waals surface area contributed by atoms with Crippen LogP contribution in [0.5, 0.6) is 0 Å². The van der Waals surface area contributed by atoms with Crippen LogP contribution in [-0.4, -0.2) is 40.1 Å². The van der Waals surface area contributed by atoms with E-state index in [0.717, 1.165) is 22.0 Å². The number of ether oxygens (including phenoxy) is 1. The fourth-order valence-electron chi connectivity index (χ4n) is 4.34. The quantitative estimate of drug-likeness (QED) is 0.183. The van der Waals surface area contributed by atoms with Crippen LogP contribution < -0.4 is 4.90 Å². The fourth-order valence-corrected chi connectivity index (χ4v) is 4.82. The van der Waals surface area contributed by atoms with E-state index in [9.17, 15) is 14.0 Å². The molecule has 0 bridgehead atoms. The van der Waals surface area contributed by atoms with E-state index in [1.807, 2.05) is 41.1 Å². The lowest BCUT2D eigenvalue weighted by Crippen LogP contribution is -2.35. The number of para-hydroxylation sites is 1. The molecular weight excluding hydrogens is 513 g/mol. The first kappa shape index (κ1) is 24.7. The van der Waals surface area contributed by atoms with Gasteiger partial charge in [0.25, 0.3) is 5.91 Å². The third-order valence-corrected chi connectivity index (χ3v) is 6.74. The van der Waals surface area contributed by atoms with Crippen molar-refractivity contribution in [2.75, 3.05) is 18.6 Å². The molecule has 1 saturated heterocycles. The number of halogens is 2. The van der Waals surface area contributed by atoms with Gasteiger partial charge in [-0.05, 0) is 66.3 Å². The monoisotopic (exact) mass is 533 g/mol. The number of thiocarbonyl (C=S) groups is 1. The third-order valence-electron chi connectivity index (χ3n) is 6.09. The van der Waals surface area contributed by atoms with E-state index in [1.165, 1.54) is 29.0 Å². The Morgan fingerprint density at radius 2 is 1.84 bits per heavy atom. The Labute approximate surface area is 223 Å². The number of carbonyl (C=O) groups excluding carboxylic acids is 2. The first-order valence-electron chi connectivity index (χ1n) is 11.4. The van der Waals surface area contributed by atoms with Crippen LogP contribution in [0.2, 0.25) is 5.02 Å². The lowest BCUT2D eigenvalue weighted by atomic mass is 10.1. The molecule has 1 fully saturated rings. The minimum atomic E-state index is -0.535. The van der Waals surface area contributed by atoms with Crippen LogP contribution in [0.15, 0.2) is 84.7 Å². The molecule has 1 aliphatic heterocycles. The number of methoxy groups -OCH3 is 1. The van der Waals surface area contributed by atoms with E-state index in [-0.39, 0.29) is 29.1 Å². The van der Waals surface area contributed by atoms with E-state index in [4.69, 9.17) is 28.6 Å². The molecule has 6 nitrogen and oxygen atoms in total. The van der Waals surface area contributed by atoms with E-state index in [2.05, 4.69) is 0 Å². The molecule has 0 spiro atoms. The normalized spacial score (nSPS) is 14.7. The molecule has 0 radical (unpaired) electrons. The summed E-state index contributed by atoms with van der Waals surface area (Å²) < 4.78 is 20.6. The average molecular weight is 534 g/mol. The number of fused-ring (bicyclic) bond motifs is 1. The molecule has 186 valence electrons. The van der Waals surface area contributed by atoms with Crippen molar-refractivity contribution < 1.29 is 18.7 Å². The minimum Gasteiger partial charge on any atom is -0.468 e. The predicted octanol–water partition coefficient (Wildman–Crippen LogP) is 5.63. The molecule has 1 aromatic heterocycles. The van der Waals surface area contributed by atoms with Gasteiger partial charge in [0.05, 0.1) is 12.8 Å². The largest absolute Gasteiger partial charge is 0.468 e. The van der Waals surface area contributed by atoms with Gasteiger partial charge in [-0.15, -0.1) is 0 Å². The van der Waals surface area contributed by atoms with Crippen LogP contribution in [0, 0.1) is 5.82 Å². The van der Waals surface area contributed by atoms with Crippen molar-refractivity contribution in [3.8, 4) is 0 Å². The summed E-state index contributed by atoms with van der Waals surface area (Å²) in [4.78, 5) is 28.7. The van der Waals surface area contributed by atoms with Crippen molar-refractivity contribution in [1.82, 2.24) is 9.47 Å². The number of anilines is 1. The van der Waals surface area contributed by atoms with E-state index in [1.54, 1.807) is 36.4 Å². The summed E-state index contributed by atoms with van der Waals surface area (Å²) in [5.41, 5.74) is 3.25. The highest BCUT2D eigenvalue weighted by molar-refractivity contribution is 7.80. The van der Waals surface area contributed by atoms with Crippen LogP contribution in [0.25, 0.3) is 17.0 Å². The second-order valence-electron chi connectivity index (χ2n) is 8.45. The van der Waals surface area contributed by atoms with Gasteiger partial charge in [0, 0.05) is 34.2 Å². The molecule has 0 saturated carbocycles. The number of benzene rings is 3. The highest BCUT2D eigenvalue weighted by Crippen LogP contribution is 2.32. The maximum absolute atomic E-state index is 13.8. The molecule has 1 amide bonds. The molecule has 1 aliphatic rings. The molecule has 5 rings (SSSR count). The topological polar surface area (TPSA) is 54.8 Å².